The molecule has 110 valence electrons. The van der Waals surface area contributed by atoms with Crippen molar-refractivity contribution in [1.29, 1.82) is 0 Å². The van der Waals surface area contributed by atoms with Crippen molar-refractivity contribution in [2.24, 2.45) is 0 Å². The lowest BCUT2D eigenvalue weighted by Gasteiger charge is -2.08. The van der Waals surface area contributed by atoms with Crippen molar-refractivity contribution in [3.05, 3.63) is 58.3 Å². The van der Waals surface area contributed by atoms with Gasteiger partial charge >= 0.3 is 0 Å². The molecule has 2 N–H and O–H groups in total. The molecular formula is C16H18BrN3O. The van der Waals surface area contributed by atoms with Gasteiger partial charge < -0.3 is 10.6 Å². The van der Waals surface area contributed by atoms with Gasteiger partial charge in [-0.25, -0.2) is 0 Å². The second kappa shape index (κ2) is 7.78. The number of pyridine rings is 1. The largest absolute Gasteiger partial charge is 0.381 e. The third-order valence-corrected chi connectivity index (χ3v) is 3.38. The van der Waals surface area contributed by atoms with E-state index in [4.69, 9.17) is 0 Å². The third-order valence-electron chi connectivity index (χ3n) is 2.95. The van der Waals surface area contributed by atoms with E-state index in [-0.39, 0.29) is 5.91 Å². The van der Waals surface area contributed by atoms with E-state index < -0.39 is 0 Å². The molecule has 2 rings (SSSR count). The Labute approximate surface area is 133 Å². The topological polar surface area (TPSA) is 54.0 Å². The van der Waals surface area contributed by atoms with E-state index in [0.29, 0.717) is 19.5 Å². The minimum absolute atomic E-state index is 0.0541. The summed E-state index contributed by atoms with van der Waals surface area (Å²) in [5.74, 6) is 0.0541. The maximum Gasteiger partial charge on any atom is 0.224 e. The predicted molar refractivity (Wildman–Crippen MR) is 88.1 cm³/mol. The molecule has 1 amide bonds. The number of carbonyl (C=O) groups excluding carboxylic acids is 1. The van der Waals surface area contributed by atoms with Crippen molar-refractivity contribution < 1.29 is 4.79 Å². The number of nitrogens with one attached hydrogen (secondary N) is 2. The SMILES string of the molecule is CCNC(=O)Cc1ccc(NCc2cncc(Br)c2)cc1. The highest BCUT2D eigenvalue weighted by Gasteiger charge is 2.02. The van der Waals surface area contributed by atoms with Crippen LogP contribution in [0.25, 0.3) is 0 Å². The number of benzene rings is 1. The zero-order valence-electron chi connectivity index (χ0n) is 11.9. The number of carbonyl (C=O) groups is 1. The fourth-order valence-corrected chi connectivity index (χ4v) is 2.35. The van der Waals surface area contributed by atoms with Gasteiger partial charge in [0, 0.05) is 35.6 Å². The first-order valence-electron chi connectivity index (χ1n) is 6.86. The first kappa shape index (κ1) is 15.5. The summed E-state index contributed by atoms with van der Waals surface area (Å²) >= 11 is 3.41. The number of aromatic nitrogens is 1. The summed E-state index contributed by atoms with van der Waals surface area (Å²) in [7, 11) is 0. The molecule has 0 spiro atoms. The lowest BCUT2D eigenvalue weighted by molar-refractivity contribution is -0.120. The predicted octanol–water partition coefficient (Wildman–Crippen LogP) is 3.13. The van der Waals surface area contributed by atoms with Crippen LogP contribution in [0.1, 0.15) is 18.1 Å². The normalized spacial score (nSPS) is 10.2. The van der Waals surface area contributed by atoms with E-state index in [0.717, 1.165) is 21.3 Å². The van der Waals surface area contributed by atoms with E-state index in [2.05, 4.69) is 31.5 Å². The molecule has 1 aromatic carbocycles. The second-order valence-electron chi connectivity index (χ2n) is 4.69. The Morgan fingerprint density at radius 1 is 1.19 bits per heavy atom. The van der Waals surface area contributed by atoms with Gasteiger partial charge in [0.1, 0.15) is 0 Å². The van der Waals surface area contributed by atoms with Crippen molar-refractivity contribution in [2.45, 2.75) is 19.9 Å². The Balaban J connectivity index is 1.89. The van der Waals surface area contributed by atoms with Crippen LogP contribution in [0.3, 0.4) is 0 Å². The maximum atomic E-state index is 11.5. The van der Waals surface area contributed by atoms with Crippen LogP contribution in [0.4, 0.5) is 5.69 Å². The standard InChI is InChI=1S/C16H18BrN3O/c1-2-19-16(21)8-12-3-5-15(6-4-12)20-10-13-7-14(17)11-18-9-13/h3-7,9,11,20H,2,8,10H2,1H3,(H,19,21). The van der Waals surface area contributed by atoms with Crippen LogP contribution >= 0.6 is 15.9 Å². The smallest absolute Gasteiger partial charge is 0.224 e. The summed E-state index contributed by atoms with van der Waals surface area (Å²) in [6.07, 6.45) is 4.02. The number of anilines is 1. The monoisotopic (exact) mass is 347 g/mol. The van der Waals surface area contributed by atoms with Gasteiger partial charge in [0.2, 0.25) is 5.91 Å². The van der Waals surface area contributed by atoms with Gasteiger partial charge in [0.25, 0.3) is 0 Å². The number of hydrogen-bond acceptors (Lipinski definition) is 3. The lowest BCUT2D eigenvalue weighted by atomic mass is 10.1. The first-order chi connectivity index (χ1) is 10.2. The Morgan fingerprint density at radius 3 is 2.62 bits per heavy atom. The van der Waals surface area contributed by atoms with Crippen molar-refractivity contribution in [3.63, 3.8) is 0 Å². The Kier molecular flexibility index (Phi) is 5.75. The Morgan fingerprint density at radius 2 is 1.95 bits per heavy atom. The molecule has 0 bridgehead atoms. The van der Waals surface area contributed by atoms with E-state index >= 15 is 0 Å². The van der Waals surface area contributed by atoms with Gasteiger partial charge in [-0.2, -0.15) is 0 Å². The molecule has 0 unspecified atom stereocenters. The van der Waals surface area contributed by atoms with Crippen LogP contribution in [0.15, 0.2) is 47.2 Å². The van der Waals surface area contributed by atoms with Crippen LogP contribution in [-0.4, -0.2) is 17.4 Å². The number of likely N-dealkylation sites (N-methyl/N-ethyl adjacent to an activating group) is 1. The average molecular weight is 348 g/mol. The van der Waals surface area contributed by atoms with E-state index in [1.807, 2.05) is 43.5 Å². The molecule has 5 heteroatoms. The molecule has 4 nitrogen and oxygen atoms in total. The fourth-order valence-electron chi connectivity index (χ4n) is 1.94. The summed E-state index contributed by atoms with van der Waals surface area (Å²) in [5, 5.41) is 6.13. The summed E-state index contributed by atoms with van der Waals surface area (Å²) in [6.45, 7) is 3.29. The van der Waals surface area contributed by atoms with Crippen molar-refractivity contribution in [3.8, 4) is 0 Å². The molecule has 0 atom stereocenters. The Bertz CT molecular complexity index is 599. The molecule has 0 radical (unpaired) electrons. The van der Waals surface area contributed by atoms with E-state index in [9.17, 15) is 4.79 Å². The summed E-state index contributed by atoms with van der Waals surface area (Å²) in [5.41, 5.74) is 3.14. The second-order valence-corrected chi connectivity index (χ2v) is 5.61. The highest BCUT2D eigenvalue weighted by molar-refractivity contribution is 9.10. The summed E-state index contributed by atoms with van der Waals surface area (Å²) in [6, 6.07) is 9.94. The number of halogens is 1. The van der Waals surface area contributed by atoms with Crippen LogP contribution in [-0.2, 0) is 17.8 Å². The third kappa shape index (κ3) is 5.19. The molecule has 0 aliphatic carbocycles. The number of nitrogens with zero attached hydrogens (tertiary/aromatic N) is 1. The number of hydrogen-bond donors (Lipinski definition) is 2. The van der Waals surface area contributed by atoms with Crippen LogP contribution in [0.2, 0.25) is 0 Å². The quantitative estimate of drug-likeness (QED) is 0.843. The number of amides is 1. The van der Waals surface area contributed by atoms with E-state index in [1.54, 1.807) is 6.20 Å². The average Bonchev–Trinajstić information content (AvgIpc) is 2.47. The minimum atomic E-state index is 0.0541. The van der Waals surface area contributed by atoms with Gasteiger partial charge in [-0.3, -0.25) is 9.78 Å². The highest BCUT2D eigenvalue weighted by atomic mass is 79.9. The molecule has 1 heterocycles. The van der Waals surface area contributed by atoms with Crippen LogP contribution < -0.4 is 10.6 Å². The summed E-state index contributed by atoms with van der Waals surface area (Å²) < 4.78 is 0.971. The molecule has 0 fully saturated rings. The first-order valence-corrected chi connectivity index (χ1v) is 7.65. The van der Waals surface area contributed by atoms with Gasteiger partial charge in [-0.05, 0) is 52.2 Å². The van der Waals surface area contributed by atoms with Gasteiger partial charge in [-0.15, -0.1) is 0 Å². The molecule has 0 saturated heterocycles. The van der Waals surface area contributed by atoms with Gasteiger partial charge in [0.05, 0.1) is 6.42 Å². The van der Waals surface area contributed by atoms with Crippen LogP contribution in [0.5, 0.6) is 0 Å². The Hall–Kier alpha value is -1.88. The van der Waals surface area contributed by atoms with Crippen molar-refractivity contribution in [2.75, 3.05) is 11.9 Å². The number of rotatable bonds is 6. The molecular weight excluding hydrogens is 330 g/mol. The van der Waals surface area contributed by atoms with Crippen molar-refractivity contribution in [1.82, 2.24) is 10.3 Å². The molecule has 21 heavy (non-hydrogen) atoms. The van der Waals surface area contributed by atoms with E-state index in [1.165, 1.54) is 0 Å². The van der Waals surface area contributed by atoms with Gasteiger partial charge in [-0.1, -0.05) is 12.1 Å². The maximum absolute atomic E-state index is 11.5. The zero-order chi connectivity index (χ0) is 15.1. The molecule has 0 aliphatic rings. The molecule has 1 aromatic heterocycles. The molecule has 2 aromatic rings. The lowest BCUT2D eigenvalue weighted by Crippen LogP contribution is -2.24. The zero-order valence-corrected chi connectivity index (χ0v) is 13.5. The van der Waals surface area contributed by atoms with Crippen molar-refractivity contribution >= 4 is 27.5 Å². The highest BCUT2D eigenvalue weighted by Crippen LogP contribution is 2.13. The summed E-state index contributed by atoms with van der Waals surface area (Å²) in [4.78, 5) is 15.6. The fraction of sp³-hybridized carbons (Fsp3) is 0.250. The van der Waals surface area contributed by atoms with Gasteiger partial charge in [0.15, 0.2) is 0 Å². The van der Waals surface area contributed by atoms with Crippen LogP contribution in [0, 0.1) is 0 Å². The minimum Gasteiger partial charge on any atom is -0.381 e. The molecule has 0 aliphatic heterocycles. The molecule has 0 saturated carbocycles.